The van der Waals surface area contributed by atoms with E-state index in [-0.39, 0.29) is 17.8 Å². The van der Waals surface area contributed by atoms with E-state index in [1.807, 2.05) is 6.07 Å². The summed E-state index contributed by atoms with van der Waals surface area (Å²) in [5.74, 6) is -0.0741. The predicted octanol–water partition coefficient (Wildman–Crippen LogP) is 2.32. The molecule has 20 heavy (non-hydrogen) atoms. The molecule has 1 heterocycles. The first kappa shape index (κ1) is 16.0. The zero-order valence-electron chi connectivity index (χ0n) is 11.1. The van der Waals surface area contributed by atoms with Crippen LogP contribution in [-0.4, -0.2) is 40.1 Å². The van der Waals surface area contributed by atoms with Gasteiger partial charge in [0.05, 0.1) is 28.5 Å². The van der Waals surface area contributed by atoms with Crippen molar-refractivity contribution >= 4 is 33.0 Å². The van der Waals surface area contributed by atoms with E-state index >= 15 is 0 Å². The van der Waals surface area contributed by atoms with Crippen LogP contribution in [0.3, 0.4) is 0 Å². The molecule has 1 saturated heterocycles. The first-order valence-corrected chi connectivity index (χ1v) is 9.13. The minimum Gasteiger partial charge on any atom is -0.372 e. The predicted molar refractivity (Wildman–Crippen MR) is 81.2 cm³/mol. The zero-order valence-corrected chi connectivity index (χ0v) is 13.4. The number of ether oxygens (including phenoxy) is 1. The van der Waals surface area contributed by atoms with Gasteiger partial charge in [-0.1, -0.05) is 29.3 Å². The van der Waals surface area contributed by atoms with Crippen molar-refractivity contribution in [3.8, 4) is 0 Å². The molecule has 1 aliphatic heterocycles. The molecule has 1 fully saturated rings. The van der Waals surface area contributed by atoms with Crippen LogP contribution in [0.25, 0.3) is 0 Å². The lowest BCUT2D eigenvalue weighted by atomic mass is 9.97. The molecule has 0 spiro atoms. The second-order valence-corrected chi connectivity index (χ2v) is 8.02. The molecule has 0 amide bonds. The summed E-state index contributed by atoms with van der Waals surface area (Å²) in [7, 11) is -3.08. The largest absolute Gasteiger partial charge is 0.372 e. The van der Waals surface area contributed by atoms with E-state index in [0.717, 1.165) is 5.56 Å². The summed E-state index contributed by atoms with van der Waals surface area (Å²) >= 11 is 11.9. The third-order valence-electron chi connectivity index (χ3n) is 3.20. The summed E-state index contributed by atoms with van der Waals surface area (Å²) in [6.07, 6.45) is 0.943. The summed E-state index contributed by atoms with van der Waals surface area (Å²) in [5, 5.41) is 4.12. The highest BCUT2D eigenvalue weighted by Crippen LogP contribution is 2.32. The summed E-state index contributed by atoms with van der Waals surface area (Å²) in [6, 6.07) is 5.28. The van der Waals surface area contributed by atoms with Gasteiger partial charge in [0, 0.05) is 25.3 Å². The lowest BCUT2D eigenvalue weighted by Gasteiger charge is -2.24. The minimum atomic E-state index is -3.08. The van der Waals surface area contributed by atoms with E-state index in [9.17, 15) is 8.42 Å². The number of nitrogens with one attached hydrogen (secondary N) is 1. The average Bonchev–Trinajstić information content (AvgIpc) is 2.56. The Hall–Kier alpha value is -0.330. The van der Waals surface area contributed by atoms with Crippen molar-refractivity contribution in [2.45, 2.75) is 6.10 Å². The van der Waals surface area contributed by atoms with Crippen molar-refractivity contribution in [2.75, 3.05) is 31.7 Å². The molecule has 2 rings (SSSR count). The Morgan fingerprint density at radius 3 is 2.75 bits per heavy atom. The molecular formula is C13H17Cl2NO3S. The van der Waals surface area contributed by atoms with Gasteiger partial charge in [-0.25, -0.2) is 8.42 Å². The highest BCUT2D eigenvalue weighted by molar-refractivity contribution is 7.90. The Morgan fingerprint density at radius 1 is 1.35 bits per heavy atom. The number of rotatable bonds is 3. The second-order valence-electron chi connectivity index (χ2n) is 5.02. The topological polar surface area (TPSA) is 55.4 Å². The van der Waals surface area contributed by atoms with Crippen LogP contribution in [0.2, 0.25) is 10.0 Å². The van der Waals surface area contributed by atoms with Crippen LogP contribution in [0.15, 0.2) is 18.2 Å². The molecular weight excluding hydrogens is 321 g/mol. The molecule has 0 bridgehead atoms. The van der Waals surface area contributed by atoms with Crippen molar-refractivity contribution in [3.63, 3.8) is 0 Å². The molecule has 0 aliphatic carbocycles. The maximum atomic E-state index is 11.6. The Morgan fingerprint density at radius 2 is 2.10 bits per heavy atom. The number of sulfone groups is 1. The van der Waals surface area contributed by atoms with E-state index in [4.69, 9.17) is 27.9 Å². The Balaban J connectivity index is 2.29. The third kappa shape index (κ3) is 4.33. The van der Waals surface area contributed by atoms with Crippen molar-refractivity contribution in [3.05, 3.63) is 33.8 Å². The molecule has 0 radical (unpaired) electrons. The van der Waals surface area contributed by atoms with Crippen molar-refractivity contribution < 1.29 is 13.2 Å². The quantitative estimate of drug-likeness (QED) is 0.919. The van der Waals surface area contributed by atoms with Crippen LogP contribution in [0.4, 0.5) is 0 Å². The number of halogens is 2. The number of hydrogen-bond acceptors (Lipinski definition) is 4. The van der Waals surface area contributed by atoms with Crippen molar-refractivity contribution in [1.82, 2.24) is 5.32 Å². The smallest absolute Gasteiger partial charge is 0.147 e. The number of benzene rings is 1. The van der Waals surface area contributed by atoms with Gasteiger partial charge in [-0.15, -0.1) is 0 Å². The van der Waals surface area contributed by atoms with Gasteiger partial charge in [0.1, 0.15) is 9.84 Å². The van der Waals surface area contributed by atoms with Gasteiger partial charge in [0.25, 0.3) is 0 Å². The van der Waals surface area contributed by atoms with Gasteiger partial charge in [-0.3, -0.25) is 0 Å². The Labute approximate surface area is 129 Å². The van der Waals surface area contributed by atoms with Gasteiger partial charge in [-0.05, 0) is 17.7 Å². The fraction of sp³-hybridized carbons (Fsp3) is 0.538. The van der Waals surface area contributed by atoms with E-state index in [2.05, 4.69) is 5.32 Å². The highest BCUT2D eigenvalue weighted by atomic mass is 35.5. The normalized spacial score (nSPS) is 24.4. The summed E-state index contributed by atoms with van der Waals surface area (Å²) < 4.78 is 29.0. The molecule has 4 nitrogen and oxygen atoms in total. The molecule has 1 aromatic rings. The monoisotopic (exact) mass is 337 g/mol. The zero-order chi connectivity index (χ0) is 14.8. The van der Waals surface area contributed by atoms with Gasteiger partial charge in [-0.2, -0.15) is 0 Å². The van der Waals surface area contributed by atoms with E-state index < -0.39 is 9.84 Å². The maximum absolute atomic E-state index is 11.6. The highest BCUT2D eigenvalue weighted by Gasteiger charge is 2.29. The average molecular weight is 338 g/mol. The first-order valence-electron chi connectivity index (χ1n) is 6.32. The minimum absolute atomic E-state index is 0.0743. The molecule has 112 valence electrons. The van der Waals surface area contributed by atoms with E-state index in [1.165, 1.54) is 6.26 Å². The van der Waals surface area contributed by atoms with Crippen LogP contribution < -0.4 is 5.32 Å². The van der Waals surface area contributed by atoms with E-state index in [0.29, 0.717) is 29.7 Å². The standard InChI is InChI=1S/C13H17Cl2NO3S/c1-20(17,18)8-10-7-16-4-5-19-13(10)9-2-3-11(14)12(15)6-9/h2-3,6,10,13,16H,4-5,7-8H2,1H3. The SMILES string of the molecule is CS(=O)(=O)CC1CNCCOC1c1ccc(Cl)c(Cl)c1. The van der Waals surface area contributed by atoms with Crippen LogP contribution in [0, 0.1) is 5.92 Å². The lowest BCUT2D eigenvalue weighted by molar-refractivity contribution is 0.0369. The molecule has 0 saturated carbocycles. The molecule has 2 atom stereocenters. The van der Waals surface area contributed by atoms with Gasteiger partial charge < -0.3 is 10.1 Å². The van der Waals surface area contributed by atoms with Crippen molar-refractivity contribution in [1.29, 1.82) is 0 Å². The summed E-state index contributed by atoms with van der Waals surface area (Å²) in [5.41, 5.74) is 0.858. The molecule has 1 aromatic carbocycles. The fourth-order valence-electron chi connectivity index (χ4n) is 2.38. The van der Waals surface area contributed by atoms with Crippen LogP contribution >= 0.6 is 23.2 Å². The fourth-order valence-corrected chi connectivity index (χ4v) is 3.76. The number of hydrogen-bond donors (Lipinski definition) is 1. The third-order valence-corrected chi connectivity index (χ3v) is 4.97. The molecule has 0 aromatic heterocycles. The van der Waals surface area contributed by atoms with E-state index in [1.54, 1.807) is 12.1 Å². The second kappa shape index (κ2) is 6.62. The Bertz CT molecular complexity index is 577. The Kier molecular flexibility index (Phi) is 5.31. The molecule has 1 N–H and O–H groups in total. The van der Waals surface area contributed by atoms with Gasteiger partial charge >= 0.3 is 0 Å². The molecule has 2 unspecified atom stereocenters. The lowest BCUT2D eigenvalue weighted by Crippen LogP contribution is -2.30. The molecule has 1 aliphatic rings. The first-order chi connectivity index (χ1) is 9.37. The maximum Gasteiger partial charge on any atom is 0.147 e. The van der Waals surface area contributed by atoms with Crippen LogP contribution in [0.5, 0.6) is 0 Å². The summed E-state index contributed by atoms with van der Waals surface area (Å²) in [4.78, 5) is 0. The summed E-state index contributed by atoms with van der Waals surface area (Å²) in [6.45, 7) is 1.83. The molecule has 7 heteroatoms. The van der Waals surface area contributed by atoms with Crippen molar-refractivity contribution in [2.24, 2.45) is 5.92 Å². The van der Waals surface area contributed by atoms with Gasteiger partial charge in [0.2, 0.25) is 0 Å². The van der Waals surface area contributed by atoms with Crippen LogP contribution in [-0.2, 0) is 14.6 Å². The van der Waals surface area contributed by atoms with Gasteiger partial charge in [0.15, 0.2) is 0 Å². The van der Waals surface area contributed by atoms with Crippen LogP contribution in [0.1, 0.15) is 11.7 Å².